The predicted molar refractivity (Wildman–Crippen MR) is 62.1 cm³/mol. The Morgan fingerprint density at radius 1 is 1.19 bits per heavy atom. The number of rotatable bonds is 1. The highest BCUT2D eigenvalue weighted by atomic mass is 35.5. The maximum atomic E-state index is 6.07. The fraction of sp³-hybridized carbons (Fsp3) is 0. The lowest BCUT2D eigenvalue weighted by atomic mass is 10.2. The molecule has 0 aliphatic rings. The van der Waals surface area contributed by atoms with Gasteiger partial charge in [0, 0.05) is 29.5 Å². The number of halogens is 1. The maximum absolute atomic E-state index is 6.07. The zero-order valence-electron chi connectivity index (χ0n) is 8.18. The number of aromatic nitrogens is 4. The highest BCUT2D eigenvalue weighted by Crippen LogP contribution is 2.26. The van der Waals surface area contributed by atoms with Crippen molar-refractivity contribution in [1.29, 1.82) is 0 Å². The van der Waals surface area contributed by atoms with Gasteiger partial charge in [-0.15, -0.1) is 0 Å². The molecule has 0 bridgehead atoms. The van der Waals surface area contributed by atoms with E-state index >= 15 is 0 Å². The summed E-state index contributed by atoms with van der Waals surface area (Å²) < 4.78 is 0. The summed E-state index contributed by atoms with van der Waals surface area (Å²) in [5.41, 5.74) is 2.60. The molecular formula is C11H7ClN4. The Balaban J connectivity index is 2.23. The van der Waals surface area contributed by atoms with Crippen molar-refractivity contribution in [3.05, 3.63) is 42.1 Å². The lowest BCUT2D eigenvalue weighted by Gasteiger charge is -1.93. The third-order valence-electron chi connectivity index (χ3n) is 2.35. The first kappa shape index (κ1) is 9.30. The molecular weight excluding hydrogens is 224 g/mol. The van der Waals surface area contributed by atoms with Gasteiger partial charge in [0.2, 0.25) is 0 Å². The van der Waals surface area contributed by atoms with Crippen LogP contribution in [0.15, 0.2) is 37.1 Å². The van der Waals surface area contributed by atoms with Gasteiger partial charge in [0.05, 0.1) is 10.7 Å². The Labute approximate surface area is 96.3 Å². The summed E-state index contributed by atoms with van der Waals surface area (Å²) in [5, 5.41) is 1.59. The normalized spacial score (nSPS) is 10.8. The average molecular weight is 231 g/mol. The number of aromatic amines is 1. The van der Waals surface area contributed by atoms with Crippen LogP contribution in [0.25, 0.3) is 22.3 Å². The fourth-order valence-electron chi connectivity index (χ4n) is 1.59. The van der Waals surface area contributed by atoms with Gasteiger partial charge in [-0.2, -0.15) is 0 Å². The van der Waals surface area contributed by atoms with Gasteiger partial charge in [0.15, 0.2) is 0 Å². The van der Waals surface area contributed by atoms with Crippen molar-refractivity contribution in [2.24, 2.45) is 0 Å². The molecule has 3 aromatic heterocycles. The second kappa shape index (κ2) is 3.57. The van der Waals surface area contributed by atoms with Gasteiger partial charge in [0.25, 0.3) is 0 Å². The number of pyridine rings is 1. The van der Waals surface area contributed by atoms with Gasteiger partial charge in [0.1, 0.15) is 12.0 Å². The molecule has 5 heteroatoms. The second-order valence-corrected chi connectivity index (χ2v) is 3.77. The van der Waals surface area contributed by atoms with Crippen molar-refractivity contribution in [2.45, 2.75) is 0 Å². The van der Waals surface area contributed by atoms with Gasteiger partial charge in [-0.3, -0.25) is 0 Å². The third kappa shape index (κ3) is 1.44. The van der Waals surface area contributed by atoms with Crippen molar-refractivity contribution in [3.63, 3.8) is 0 Å². The van der Waals surface area contributed by atoms with E-state index in [0.717, 1.165) is 22.3 Å². The number of nitrogens with one attached hydrogen (secondary N) is 1. The average Bonchev–Trinajstić information content (AvgIpc) is 2.76. The first-order chi connectivity index (χ1) is 7.84. The molecule has 3 rings (SSSR count). The van der Waals surface area contributed by atoms with Gasteiger partial charge in [-0.1, -0.05) is 11.6 Å². The van der Waals surface area contributed by atoms with Gasteiger partial charge in [-0.05, 0) is 12.1 Å². The van der Waals surface area contributed by atoms with Crippen LogP contribution in [0.2, 0.25) is 5.02 Å². The number of hydrogen-bond donors (Lipinski definition) is 1. The number of H-pyrrole nitrogens is 1. The van der Waals surface area contributed by atoms with Crippen molar-refractivity contribution < 1.29 is 0 Å². The van der Waals surface area contributed by atoms with Crippen molar-refractivity contribution in [1.82, 2.24) is 19.9 Å². The van der Waals surface area contributed by atoms with E-state index in [-0.39, 0.29) is 0 Å². The van der Waals surface area contributed by atoms with Crippen LogP contribution < -0.4 is 0 Å². The summed E-state index contributed by atoms with van der Waals surface area (Å²) in [6.07, 6.45) is 6.65. The summed E-state index contributed by atoms with van der Waals surface area (Å²) in [4.78, 5) is 15.3. The molecule has 0 amide bonds. The van der Waals surface area contributed by atoms with Crippen LogP contribution in [0, 0.1) is 0 Å². The standard InChI is InChI=1S/C11H7ClN4/c12-9-1-2-15-11-8(9)3-10(16-11)7-4-13-6-14-5-7/h1-6H,(H,15,16). The van der Waals surface area contributed by atoms with E-state index < -0.39 is 0 Å². The zero-order chi connectivity index (χ0) is 11.0. The van der Waals surface area contributed by atoms with Crippen LogP contribution in [-0.2, 0) is 0 Å². The lowest BCUT2D eigenvalue weighted by molar-refractivity contribution is 1.16. The van der Waals surface area contributed by atoms with Gasteiger partial charge in [-0.25, -0.2) is 15.0 Å². The topological polar surface area (TPSA) is 54.5 Å². The summed E-state index contributed by atoms with van der Waals surface area (Å²) >= 11 is 6.07. The predicted octanol–water partition coefficient (Wildman–Crippen LogP) is 2.67. The molecule has 4 nitrogen and oxygen atoms in total. The van der Waals surface area contributed by atoms with Crippen LogP contribution in [0.5, 0.6) is 0 Å². The van der Waals surface area contributed by atoms with Crippen LogP contribution in [0.3, 0.4) is 0 Å². The van der Waals surface area contributed by atoms with E-state index in [1.807, 2.05) is 6.07 Å². The van der Waals surface area contributed by atoms with Crippen LogP contribution in [0.4, 0.5) is 0 Å². The first-order valence-corrected chi connectivity index (χ1v) is 5.11. The van der Waals surface area contributed by atoms with Crippen molar-refractivity contribution >= 4 is 22.6 Å². The summed E-state index contributed by atoms with van der Waals surface area (Å²) in [7, 11) is 0. The SMILES string of the molecule is Clc1ccnc2[nH]c(-c3cncnc3)cc12. The Bertz CT molecular complexity index is 633. The molecule has 0 atom stereocenters. The largest absolute Gasteiger partial charge is 0.339 e. The molecule has 0 aliphatic carbocycles. The lowest BCUT2D eigenvalue weighted by Crippen LogP contribution is -1.81. The molecule has 78 valence electrons. The molecule has 0 fully saturated rings. The van der Waals surface area contributed by atoms with E-state index in [1.165, 1.54) is 6.33 Å². The zero-order valence-corrected chi connectivity index (χ0v) is 8.94. The Hall–Kier alpha value is -1.94. The minimum Gasteiger partial charge on any atom is -0.339 e. The molecule has 1 N–H and O–H groups in total. The molecule has 0 unspecified atom stereocenters. The van der Waals surface area contributed by atoms with Gasteiger partial charge < -0.3 is 4.98 Å². The smallest absolute Gasteiger partial charge is 0.139 e. The van der Waals surface area contributed by atoms with E-state index in [9.17, 15) is 0 Å². The Morgan fingerprint density at radius 3 is 2.75 bits per heavy atom. The Kier molecular flexibility index (Phi) is 2.08. The highest BCUT2D eigenvalue weighted by molar-refractivity contribution is 6.35. The molecule has 0 aliphatic heterocycles. The minimum atomic E-state index is 0.685. The maximum Gasteiger partial charge on any atom is 0.139 e. The third-order valence-corrected chi connectivity index (χ3v) is 2.68. The van der Waals surface area contributed by atoms with Crippen LogP contribution >= 0.6 is 11.6 Å². The summed E-state index contributed by atoms with van der Waals surface area (Å²) in [6, 6.07) is 3.71. The minimum absolute atomic E-state index is 0.685. The fourth-order valence-corrected chi connectivity index (χ4v) is 1.79. The Morgan fingerprint density at radius 2 is 2.00 bits per heavy atom. The number of nitrogens with zero attached hydrogens (tertiary/aromatic N) is 3. The quantitative estimate of drug-likeness (QED) is 0.699. The second-order valence-electron chi connectivity index (χ2n) is 3.37. The molecule has 0 aromatic carbocycles. The summed E-state index contributed by atoms with van der Waals surface area (Å²) in [5.74, 6) is 0. The first-order valence-electron chi connectivity index (χ1n) is 4.73. The van der Waals surface area contributed by atoms with Crippen molar-refractivity contribution in [3.8, 4) is 11.3 Å². The summed E-state index contributed by atoms with van der Waals surface area (Å²) in [6.45, 7) is 0. The van der Waals surface area contributed by atoms with E-state index in [1.54, 1.807) is 24.7 Å². The van der Waals surface area contributed by atoms with E-state index in [4.69, 9.17) is 11.6 Å². The van der Waals surface area contributed by atoms with Gasteiger partial charge >= 0.3 is 0 Å². The highest BCUT2D eigenvalue weighted by Gasteiger charge is 2.06. The molecule has 3 heterocycles. The van der Waals surface area contributed by atoms with Crippen molar-refractivity contribution in [2.75, 3.05) is 0 Å². The molecule has 0 radical (unpaired) electrons. The monoisotopic (exact) mass is 230 g/mol. The molecule has 3 aromatic rings. The number of fused-ring (bicyclic) bond motifs is 1. The van der Waals surface area contributed by atoms with Crippen LogP contribution in [-0.4, -0.2) is 19.9 Å². The van der Waals surface area contributed by atoms with Crippen LogP contribution in [0.1, 0.15) is 0 Å². The molecule has 16 heavy (non-hydrogen) atoms. The number of hydrogen-bond acceptors (Lipinski definition) is 3. The van der Waals surface area contributed by atoms with E-state index in [2.05, 4.69) is 19.9 Å². The molecule has 0 saturated heterocycles. The molecule has 0 spiro atoms. The molecule has 0 saturated carbocycles. The van der Waals surface area contributed by atoms with E-state index in [0.29, 0.717) is 5.02 Å².